The van der Waals surface area contributed by atoms with Gasteiger partial charge in [-0.3, -0.25) is 4.21 Å². The van der Waals surface area contributed by atoms with Crippen LogP contribution >= 0.6 is 0 Å². The zero-order valence-electron chi connectivity index (χ0n) is 11.8. The van der Waals surface area contributed by atoms with Crippen LogP contribution in [0.3, 0.4) is 0 Å². The van der Waals surface area contributed by atoms with Gasteiger partial charge in [0.15, 0.2) is 0 Å². The Labute approximate surface area is 120 Å². The molecule has 0 bridgehead atoms. The Morgan fingerprint density at radius 2 is 1.80 bits per heavy atom. The molecule has 1 unspecified atom stereocenters. The van der Waals surface area contributed by atoms with Crippen molar-refractivity contribution < 1.29 is 4.21 Å². The van der Waals surface area contributed by atoms with Gasteiger partial charge in [-0.25, -0.2) is 4.98 Å². The van der Waals surface area contributed by atoms with E-state index in [9.17, 15) is 4.21 Å². The minimum absolute atomic E-state index is 0.836. The van der Waals surface area contributed by atoms with Gasteiger partial charge in [0.05, 0.1) is 11.0 Å². The van der Waals surface area contributed by atoms with Gasteiger partial charge in [0, 0.05) is 34.6 Å². The molecular formula is C16H16N2OS. The third kappa shape index (κ3) is 2.16. The van der Waals surface area contributed by atoms with Gasteiger partial charge in [-0.05, 0) is 36.8 Å². The van der Waals surface area contributed by atoms with Crippen molar-refractivity contribution in [2.24, 2.45) is 7.05 Å². The van der Waals surface area contributed by atoms with E-state index in [2.05, 4.69) is 29.7 Å². The topological polar surface area (TPSA) is 34.9 Å². The van der Waals surface area contributed by atoms with Crippen LogP contribution in [0.25, 0.3) is 22.4 Å². The molecule has 1 heterocycles. The molecule has 0 aliphatic carbocycles. The molecular weight excluding hydrogens is 268 g/mol. The molecule has 1 aromatic heterocycles. The maximum Gasteiger partial charge on any atom is 0.140 e. The summed E-state index contributed by atoms with van der Waals surface area (Å²) in [5.74, 6) is 0.930. The lowest BCUT2D eigenvalue weighted by Crippen LogP contribution is -1.93. The number of aryl methyl sites for hydroxylation is 2. The smallest absolute Gasteiger partial charge is 0.140 e. The van der Waals surface area contributed by atoms with Gasteiger partial charge >= 0.3 is 0 Å². The van der Waals surface area contributed by atoms with Crippen molar-refractivity contribution in [2.45, 2.75) is 11.8 Å². The first kappa shape index (κ1) is 13.1. The molecule has 3 nitrogen and oxygen atoms in total. The average Bonchev–Trinajstić information content (AvgIpc) is 2.75. The molecule has 0 saturated heterocycles. The van der Waals surface area contributed by atoms with Crippen LogP contribution in [0, 0.1) is 6.92 Å². The van der Waals surface area contributed by atoms with Crippen molar-refractivity contribution in [2.75, 3.05) is 6.26 Å². The van der Waals surface area contributed by atoms with Gasteiger partial charge in [-0.2, -0.15) is 0 Å². The van der Waals surface area contributed by atoms with E-state index in [0.717, 1.165) is 27.3 Å². The fourth-order valence-electron chi connectivity index (χ4n) is 2.36. The van der Waals surface area contributed by atoms with Gasteiger partial charge in [-0.15, -0.1) is 0 Å². The molecule has 2 aromatic carbocycles. The van der Waals surface area contributed by atoms with E-state index >= 15 is 0 Å². The molecule has 0 aliphatic rings. The Kier molecular flexibility index (Phi) is 3.18. The number of aromatic nitrogens is 2. The highest BCUT2D eigenvalue weighted by Crippen LogP contribution is 2.25. The second-order valence-electron chi connectivity index (χ2n) is 4.97. The summed E-state index contributed by atoms with van der Waals surface area (Å²) in [4.78, 5) is 5.54. The van der Waals surface area contributed by atoms with E-state index in [1.54, 1.807) is 6.26 Å². The van der Waals surface area contributed by atoms with Crippen LogP contribution in [0.2, 0.25) is 0 Å². The normalized spacial score (nSPS) is 12.8. The number of hydrogen-bond acceptors (Lipinski definition) is 2. The van der Waals surface area contributed by atoms with Crippen LogP contribution in [0.15, 0.2) is 47.4 Å². The Morgan fingerprint density at radius 1 is 1.10 bits per heavy atom. The Balaban J connectivity index is 2.14. The van der Waals surface area contributed by atoms with Crippen LogP contribution in [0.5, 0.6) is 0 Å². The zero-order valence-corrected chi connectivity index (χ0v) is 12.6. The third-order valence-electron chi connectivity index (χ3n) is 3.48. The molecule has 102 valence electrons. The second kappa shape index (κ2) is 4.87. The zero-order chi connectivity index (χ0) is 14.3. The first-order valence-electron chi connectivity index (χ1n) is 6.43. The van der Waals surface area contributed by atoms with Gasteiger partial charge in [0.1, 0.15) is 5.82 Å². The number of hydrogen-bond donors (Lipinski definition) is 0. The van der Waals surface area contributed by atoms with E-state index < -0.39 is 10.8 Å². The van der Waals surface area contributed by atoms with Crippen LogP contribution in [0.1, 0.15) is 5.56 Å². The first-order chi connectivity index (χ1) is 9.56. The van der Waals surface area contributed by atoms with Crippen LogP contribution in [0.4, 0.5) is 0 Å². The van der Waals surface area contributed by atoms with Crippen LogP contribution in [-0.2, 0) is 17.8 Å². The highest BCUT2D eigenvalue weighted by molar-refractivity contribution is 7.84. The second-order valence-corrected chi connectivity index (χ2v) is 6.34. The van der Waals surface area contributed by atoms with Gasteiger partial charge in [0.25, 0.3) is 0 Å². The molecule has 0 saturated carbocycles. The molecule has 0 radical (unpaired) electrons. The van der Waals surface area contributed by atoms with E-state index in [1.165, 1.54) is 5.56 Å². The largest absolute Gasteiger partial charge is 0.327 e. The standard InChI is InChI=1S/C16H16N2OS/c1-11-4-9-15-14(10-11)17-16(18(15)2)12-5-7-13(8-6-12)20(3)19/h4-10H,1-3H3. The van der Waals surface area contributed by atoms with Crippen LogP contribution in [-0.4, -0.2) is 20.0 Å². The van der Waals surface area contributed by atoms with Gasteiger partial charge < -0.3 is 4.57 Å². The van der Waals surface area contributed by atoms with E-state index in [-0.39, 0.29) is 0 Å². The van der Waals surface area contributed by atoms with Crippen molar-refractivity contribution in [1.82, 2.24) is 9.55 Å². The predicted octanol–water partition coefficient (Wildman–Crippen LogP) is 3.29. The fourth-order valence-corrected chi connectivity index (χ4v) is 2.88. The number of imidazole rings is 1. The lowest BCUT2D eigenvalue weighted by atomic mass is 10.2. The Bertz CT molecular complexity index is 803. The molecule has 1 atom stereocenters. The highest BCUT2D eigenvalue weighted by Gasteiger charge is 2.10. The monoisotopic (exact) mass is 284 g/mol. The summed E-state index contributed by atoms with van der Waals surface area (Å²) in [6.45, 7) is 2.07. The average molecular weight is 284 g/mol. The molecule has 3 aromatic rings. The maximum atomic E-state index is 11.4. The first-order valence-corrected chi connectivity index (χ1v) is 7.99. The van der Waals surface area contributed by atoms with Crippen LogP contribution < -0.4 is 0 Å². The molecule has 0 aliphatic heterocycles. The summed E-state index contributed by atoms with van der Waals surface area (Å²) < 4.78 is 13.5. The molecule has 20 heavy (non-hydrogen) atoms. The minimum Gasteiger partial charge on any atom is -0.327 e. The summed E-state index contributed by atoms with van der Waals surface area (Å²) in [6.07, 6.45) is 1.69. The van der Waals surface area contributed by atoms with Crippen molar-refractivity contribution in [3.8, 4) is 11.4 Å². The summed E-state index contributed by atoms with van der Waals surface area (Å²) in [5.41, 5.74) is 4.37. The quantitative estimate of drug-likeness (QED) is 0.724. The predicted molar refractivity (Wildman–Crippen MR) is 83.2 cm³/mol. The molecule has 0 fully saturated rings. The number of benzene rings is 2. The van der Waals surface area contributed by atoms with Gasteiger partial charge in [-0.1, -0.05) is 18.2 Å². The molecule has 4 heteroatoms. The summed E-state index contributed by atoms with van der Waals surface area (Å²) in [5, 5.41) is 0. The lowest BCUT2D eigenvalue weighted by Gasteiger charge is -2.03. The molecule has 0 spiro atoms. The van der Waals surface area contributed by atoms with Crippen molar-refractivity contribution in [3.05, 3.63) is 48.0 Å². The Hall–Kier alpha value is -1.94. The molecule has 0 N–H and O–H groups in total. The third-order valence-corrected chi connectivity index (χ3v) is 4.42. The van der Waals surface area contributed by atoms with E-state index in [1.807, 2.05) is 31.3 Å². The minimum atomic E-state index is -0.944. The van der Waals surface area contributed by atoms with Gasteiger partial charge in [0.2, 0.25) is 0 Å². The summed E-state index contributed by atoms with van der Waals surface area (Å²) in [7, 11) is 1.08. The summed E-state index contributed by atoms with van der Waals surface area (Å²) in [6, 6.07) is 14.0. The highest BCUT2D eigenvalue weighted by atomic mass is 32.2. The van der Waals surface area contributed by atoms with Crippen molar-refractivity contribution >= 4 is 21.8 Å². The number of fused-ring (bicyclic) bond motifs is 1. The summed E-state index contributed by atoms with van der Waals surface area (Å²) >= 11 is 0. The van der Waals surface area contributed by atoms with E-state index in [4.69, 9.17) is 4.98 Å². The van der Waals surface area contributed by atoms with E-state index in [0.29, 0.717) is 0 Å². The molecule has 0 amide bonds. The number of nitrogens with zero attached hydrogens (tertiary/aromatic N) is 2. The van der Waals surface area contributed by atoms with Crippen molar-refractivity contribution in [3.63, 3.8) is 0 Å². The SMILES string of the molecule is Cc1ccc2c(c1)nc(-c1ccc(S(C)=O)cc1)n2C. The van der Waals surface area contributed by atoms with Crippen molar-refractivity contribution in [1.29, 1.82) is 0 Å². The Morgan fingerprint density at radius 3 is 2.45 bits per heavy atom. The lowest BCUT2D eigenvalue weighted by molar-refractivity contribution is 0.687. The number of rotatable bonds is 2. The fraction of sp³-hybridized carbons (Fsp3) is 0.188. The molecule has 3 rings (SSSR count). The maximum absolute atomic E-state index is 11.4.